The number of carbonyl (C=O) groups excluding carboxylic acids is 2. The van der Waals surface area contributed by atoms with E-state index >= 15 is 0 Å². The first-order valence-electron chi connectivity index (χ1n) is 12.1. The molecule has 0 aliphatic heterocycles. The Bertz CT molecular complexity index is 919. The summed E-state index contributed by atoms with van der Waals surface area (Å²) in [5.41, 5.74) is 5.05. The molecule has 1 heterocycles. The summed E-state index contributed by atoms with van der Waals surface area (Å²) >= 11 is 0. The first-order chi connectivity index (χ1) is 15.5. The lowest BCUT2D eigenvalue weighted by Crippen LogP contribution is -2.62. The number of nitrogens with two attached hydrogens (primary N) is 1. The normalized spacial score (nSPS) is 30.8. The van der Waals surface area contributed by atoms with Gasteiger partial charge in [-0.2, -0.15) is 5.10 Å². The zero-order valence-electron chi connectivity index (χ0n) is 20.5. The van der Waals surface area contributed by atoms with Gasteiger partial charge in [-0.15, -0.1) is 0 Å². The number of hydrogen-bond acceptors (Lipinski definition) is 5. The van der Waals surface area contributed by atoms with Gasteiger partial charge in [0.2, 0.25) is 11.8 Å². The van der Waals surface area contributed by atoms with Gasteiger partial charge < -0.3 is 20.5 Å². The molecule has 1 aromatic heterocycles. The Balaban J connectivity index is 1.54. The van der Waals surface area contributed by atoms with Crippen molar-refractivity contribution >= 4 is 18.0 Å². The lowest BCUT2D eigenvalue weighted by molar-refractivity contribution is -0.156. The summed E-state index contributed by atoms with van der Waals surface area (Å²) in [5, 5.41) is 7.68. The molecule has 4 aliphatic carbocycles. The molecular formula is C25H38N4O4. The standard InChI is InChI=1S/C25H38N4O4/c1-15(2)14-33-22-19(13-27-29(22)7-6-24(3,4)23(26)31)21(30)28-20-17-8-16-9-18(20)12-25(10-16,11-17)32-5/h6-7,13,15-18,20H,8-12,14H2,1-5H3,(H2,26,31)(H,28,30)/b7-6+/t16?,17?,18?,20-,25-. The Hall–Kier alpha value is -2.35. The van der Waals surface area contributed by atoms with Crippen molar-refractivity contribution in [1.82, 2.24) is 15.1 Å². The monoisotopic (exact) mass is 458 g/mol. The first-order valence-corrected chi connectivity index (χ1v) is 12.1. The summed E-state index contributed by atoms with van der Waals surface area (Å²) in [6.07, 6.45) is 10.4. The van der Waals surface area contributed by atoms with E-state index in [0.29, 0.717) is 35.8 Å². The van der Waals surface area contributed by atoms with E-state index in [2.05, 4.69) is 10.4 Å². The Morgan fingerprint density at radius 2 is 1.97 bits per heavy atom. The van der Waals surface area contributed by atoms with Crippen LogP contribution in [0.15, 0.2) is 12.3 Å². The van der Waals surface area contributed by atoms with Crippen LogP contribution in [0.2, 0.25) is 0 Å². The van der Waals surface area contributed by atoms with Gasteiger partial charge in [0.15, 0.2) is 0 Å². The molecule has 4 aliphatic rings. The Morgan fingerprint density at radius 1 is 1.30 bits per heavy atom. The fourth-order valence-corrected chi connectivity index (χ4v) is 6.01. The van der Waals surface area contributed by atoms with Crippen molar-refractivity contribution in [2.45, 2.75) is 71.4 Å². The van der Waals surface area contributed by atoms with Gasteiger partial charge in [0.05, 0.1) is 23.8 Å². The summed E-state index contributed by atoms with van der Waals surface area (Å²) in [6.45, 7) is 8.01. The van der Waals surface area contributed by atoms with Crippen LogP contribution in [-0.2, 0) is 9.53 Å². The van der Waals surface area contributed by atoms with Gasteiger partial charge in [0.25, 0.3) is 5.91 Å². The minimum atomic E-state index is -0.846. The van der Waals surface area contributed by atoms with Crippen LogP contribution < -0.4 is 15.8 Å². The molecule has 8 nitrogen and oxygen atoms in total. The Kier molecular flexibility index (Phi) is 6.33. The molecule has 8 heteroatoms. The van der Waals surface area contributed by atoms with Gasteiger partial charge >= 0.3 is 0 Å². The van der Waals surface area contributed by atoms with Crippen LogP contribution in [-0.4, -0.2) is 47.0 Å². The molecule has 4 bridgehead atoms. The summed E-state index contributed by atoms with van der Waals surface area (Å²) in [6, 6.07) is 0.156. The smallest absolute Gasteiger partial charge is 0.258 e. The highest BCUT2D eigenvalue weighted by Gasteiger charge is 2.56. The molecular weight excluding hydrogens is 420 g/mol. The molecule has 0 spiro atoms. The van der Waals surface area contributed by atoms with Crippen molar-refractivity contribution in [2.75, 3.05) is 13.7 Å². The molecule has 1 aromatic rings. The lowest BCUT2D eigenvalue weighted by Gasteiger charge is -2.59. The predicted molar refractivity (Wildman–Crippen MR) is 125 cm³/mol. The average molecular weight is 459 g/mol. The van der Waals surface area contributed by atoms with Gasteiger partial charge in [-0.25, -0.2) is 4.68 Å². The second-order valence-corrected chi connectivity index (χ2v) is 11.3. The number of carbonyl (C=O) groups is 2. The van der Waals surface area contributed by atoms with Gasteiger partial charge in [-0.05, 0) is 69.6 Å². The summed E-state index contributed by atoms with van der Waals surface area (Å²) in [5.74, 6) is 1.68. The molecule has 4 fully saturated rings. The minimum absolute atomic E-state index is 0.00612. The summed E-state index contributed by atoms with van der Waals surface area (Å²) in [4.78, 5) is 25.1. The largest absolute Gasteiger partial charge is 0.477 e. The van der Waals surface area contributed by atoms with Crippen LogP contribution in [0.25, 0.3) is 6.20 Å². The highest BCUT2D eigenvalue weighted by Crippen LogP contribution is 2.57. The molecule has 5 rings (SSSR count). The summed E-state index contributed by atoms with van der Waals surface area (Å²) < 4.78 is 13.5. The molecule has 4 saturated carbocycles. The fourth-order valence-electron chi connectivity index (χ4n) is 6.01. The fraction of sp³-hybridized carbons (Fsp3) is 0.720. The van der Waals surface area contributed by atoms with Crippen LogP contribution in [0.1, 0.15) is 70.2 Å². The van der Waals surface area contributed by atoms with E-state index in [4.69, 9.17) is 15.2 Å². The van der Waals surface area contributed by atoms with E-state index in [0.717, 1.165) is 32.1 Å². The topological polar surface area (TPSA) is 108 Å². The van der Waals surface area contributed by atoms with Gasteiger partial charge in [-0.1, -0.05) is 19.9 Å². The number of primary amides is 1. The van der Waals surface area contributed by atoms with Gasteiger partial charge in [0.1, 0.15) is 5.56 Å². The maximum Gasteiger partial charge on any atom is 0.258 e. The van der Waals surface area contributed by atoms with Gasteiger partial charge in [0, 0.05) is 19.4 Å². The van der Waals surface area contributed by atoms with Crippen LogP contribution in [0, 0.1) is 29.1 Å². The molecule has 2 unspecified atom stereocenters. The third-order valence-electron chi connectivity index (χ3n) is 7.76. The third kappa shape index (κ3) is 4.67. The van der Waals surface area contributed by atoms with Crippen molar-refractivity contribution in [1.29, 1.82) is 0 Å². The Labute approximate surface area is 196 Å². The van der Waals surface area contributed by atoms with Crippen molar-refractivity contribution < 1.29 is 19.1 Å². The number of aromatic nitrogens is 2. The maximum absolute atomic E-state index is 13.4. The van der Waals surface area contributed by atoms with Crippen LogP contribution in [0.4, 0.5) is 0 Å². The van der Waals surface area contributed by atoms with Gasteiger partial charge in [-0.3, -0.25) is 9.59 Å². The molecule has 182 valence electrons. The van der Waals surface area contributed by atoms with E-state index in [-0.39, 0.29) is 23.5 Å². The van der Waals surface area contributed by atoms with E-state index < -0.39 is 11.3 Å². The molecule has 33 heavy (non-hydrogen) atoms. The summed E-state index contributed by atoms with van der Waals surface area (Å²) in [7, 11) is 1.83. The lowest BCUT2D eigenvalue weighted by atomic mass is 9.52. The number of methoxy groups -OCH3 is 1. The van der Waals surface area contributed by atoms with Crippen LogP contribution in [0.5, 0.6) is 5.88 Å². The number of rotatable bonds is 9. The number of nitrogens with one attached hydrogen (secondary N) is 1. The average Bonchev–Trinajstić information content (AvgIpc) is 3.15. The minimum Gasteiger partial charge on any atom is -0.477 e. The zero-order chi connectivity index (χ0) is 24.0. The second kappa shape index (κ2) is 8.78. The predicted octanol–water partition coefficient (Wildman–Crippen LogP) is 3.22. The van der Waals surface area contributed by atoms with Crippen molar-refractivity contribution in [2.24, 2.45) is 34.8 Å². The van der Waals surface area contributed by atoms with Crippen molar-refractivity contribution in [3.8, 4) is 5.88 Å². The van der Waals surface area contributed by atoms with E-state index in [1.807, 2.05) is 21.0 Å². The quantitative estimate of drug-likeness (QED) is 0.591. The number of amides is 2. The molecule has 0 saturated heterocycles. The highest BCUT2D eigenvalue weighted by atomic mass is 16.5. The van der Waals surface area contributed by atoms with Crippen molar-refractivity contribution in [3.63, 3.8) is 0 Å². The maximum atomic E-state index is 13.4. The van der Waals surface area contributed by atoms with Crippen LogP contribution in [0.3, 0.4) is 0 Å². The number of nitrogens with zero attached hydrogens (tertiary/aromatic N) is 2. The van der Waals surface area contributed by atoms with Crippen molar-refractivity contribution in [3.05, 3.63) is 17.8 Å². The molecule has 3 N–H and O–H groups in total. The SMILES string of the molecule is CO[C@]12CC3CC(C1)[C@@H](NC(=O)c1cnn(/C=C/C(C)(C)C(N)=O)c1OCC(C)C)C(C3)C2. The highest BCUT2D eigenvalue weighted by molar-refractivity contribution is 5.96. The molecule has 0 aromatic carbocycles. The second-order valence-electron chi connectivity index (χ2n) is 11.3. The van der Waals surface area contributed by atoms with Crippen LogP contribution >= 0.6 is 0 Å². The van der Waals surface area contributed by atoms with E-state index in [1.54, 1.807) is 32.3 Å². The number of ether oxygens (including phenoxy) is 2. The van der Waals surface area contributed by atoms with E-state index in [9.17, 15) is 9.59 Å². The molecule has 0 radical (unpaired) electrons. The third-order valence-corrected chi connectivity index (χ3v) is 7.76. The zero-order valence-corrected chi connectivity index (χ0v) is 20.5. The van der Waals surface area contributed by atoms with E-state index in [1.165, 1.54) is 4.68 Å². The number of hydrogen-bond donors (Lipinski definition) is 2. The molecule has 2 amide bonds. The molecule has 2 atom stereocenters. The Morgan fingerprint density at radius 3 is 2.55 bits per heavy atom. The first kappa shape index (κ1) is 23.8.